The van der Waals surface area contributed by atoms with E-state index < -0.39 is 0 Å². The molecule has 0 saturated heterocycles. The monoisotopic (exact) mass is 321 g/mol. The first-order valence-electron chi connectivity index (χ1n) is 0. The van der Waals surface area contributed by atoms with Crippen LogP contribution in [-0.2, 0) is 0 Å². The van der Waals surface area contributed by atoms with E-state index in [1.165, 1.54) is 0 Å². The molecule has 0 aliphatic rings. The van der Waals surface area contributed by atoms with Gasteiger partial charge in [0, 0.05) is 0 Å². The van der Waals surface area contributed by atoms with Crippen LogP contribution >= 0.6 is 0 Å². The van der Waals surface area contributed by atoms with Crippen LogP contribution in [0.25, 0.3) is 0 Å². The van der Waals surface area contributed by atoms with Crippen LogP contribution in [0.1, 0.15) is 0 Å². The molecule has 0 rings (SSSR count). The molecule has 0 aromatic rings. The molecule has 0 N–H and O–H groups in total. The van der Waals surface area contributed by atoms with Crippen molar-refractivity contribution in [3.63, 3.8) is 0 Å². The van der Waals surface area contributed by atoms with Gasteiger partial charge in [-0.3, -0.25) is 0 Å². The van der Waals surface area contributed by atoms with Crippen molar-refractivity contribution in [3.8, 4) is 0 Å². The zero-order chi connectivity index (χ0) is 0. The van der Waals surface area contributed by atoms with Gasteiger partial charge in [-0.1, -0.05) is 0 Å². The maximum Gasteiger partial charge on any atom is 3.00 e. The Morgan fingerprint density at radius 3 is 0.500 bits per heavy atom. The second-order valence-electron chi connectivity index (χ2n) is 0. The van der Waals surface area contributed by atoms with Gasteiger partial charge in [-0.15, -0.1) is 0 Å². The second-order valence-corrected chi connectivity index (χ2v) is 0. The van der Waals surface area contributed by atoms with Crippen molar-refractivity contribution >= 4 is 0 Å². The van der Waals surface area contributed by atoms with Crippen molar-refractivity contribution in [2.75, 3.05) is 0 Å². The van der Waals surface area contributed by atoms with Crippen molar-refractivity contribution in [1.29, 1.82) is 0 Å². The molecule has 0 spiro atoms. The number of hydrogen-bond donors (Lipinski definition) is 0. The van der Waals surface area contributed by atoms with Crippen molar-refractivity contribution in [2.45, 2.75) is 0 Å². The quantitative estimate of drug-likeness (QED) is 0.389. The van der Waals surface area contributed by atoms with E-state index in [2.05, 4.69) is 0 Å². The minimum absolute atomic E-state index is 0. The summed E-state index contributed by atoms with van der Waals surface area (Å²) in [7, 11) is 0. The van der Waals surface area contributed by atoms with E-state index in [1.54, 1.807) is 0 Å². The molecular weight excluding hydrogens is 322 g/mol. The van der Waals surface area contributed by atoms with Gasteiger partial charge in [0.25, 0.3) is 0 Å². The molecule has 0 aromatic heterocycles. The van der Waals surface area contributed by atoms with Gasteiger partial charge in [0.2, 0.25) is 0 Å². The summed E-state index contributed by atoms with van der Waals surface area (Å²) in [6, 6.07) is 0. The van der Waals surface area contributed by atoms with Gasteiger partial charge in [0.1, 0.15) is 0 Å². The Balaban J connectivity index is 0. The van der Waals surface area contributed by atoms with E-state index in [4.69, 9.17) is 0 Å². The maximum absolute atomic E-state index is 0. The molecule has 0 bridgehead atoms. The number of rotatable bonds is 0. The van der Waals surface area contributed by atoms with E-state index >= 15 is 0 Å². The van der Waals surface area contributed by atoms with Crippen molar-refractivity contribution in [3.05, 3.63) is 0 Å². The van der Waals surface area contributed by atoms with Gasteiger partial charge in [-0.2, -0.15) is 0 Å². The summed E-state index contributed by atoms with van der Waals surface area (Å²) in [4.78, 5) is 0. The molecule has 0 atom stereocenters. The first-order chi connectivity index (χ1) is 0. The van der Waals surface area contributed by atoms with Crippen molar-refractivity contribution in [2.24, 2.45) is 0 Å². The Hall–Kier alpha value is 3.28. The largest absolute Gasteiger partial charge is 3.00 e. The molecule has 0 fully saturated rings. The summed E-state index contributed by atoms with van der Waals surface area (Å²) in [6.45, 7) is 0. The zero-order valence-electron chi connectivity index (χ0n) is 2.78. The standard InChI is InChI=1S/4ClH.Li.Yb/h4*1H;;/q;;;;+1;+3/p-4. The van der Waals surface area contributed by atoms with Gasteiger partial charge < -0.3 is 49.6 Å². The molecule has 0 amide bonds. The van der Waals surface area contributed by atoms with Gasteiger partial charge in [-0.25, -0.2) is 0 Å². The van der Waals surface area contributed by atoms with Crippen molar-refractivity contribution in [1.82, 2.24) is 0 Å². The molecule has 1 radical (unpaired) electrons. The topological polar surface area (TPSA) is 0 Å². The van der Waals surface area contributed by atoms with Crippen LogP contribution < -0.4 is 68.5 Å². The molecule has 43 valence electrons. The molecule has 0 aromatic carbocycles. The van der Waals surface area contributed by atoms with Crippen LogP contribution in [0.4, 0.5) is 0 Å². The SMILES string of the molecule is [Cl-].[Cl-].[Cl-].[Cl-].[Li+].[Yb+3]. The van der Waals surface area contributed by atoms with Crippen LogP contribution in [0.2, 0.25) is 0 Å². The van der Waals surface area contributed by atoms with Gasteiger partial charge in [0.05, 0.1) is 0 Å². The minimum atomic E-state index is 0. The Labute approximate surface area is 113 Å². The van der Waals surface area contributed by atoms with E-state index in [0.717, 1.165) is 0 Å². The molecule has 0 aliphatic heterocycles. The number of hydrogen-bond acceptors (Lipinski definition) is 0. The summed E-state index contributed by atoms with van der Waals surface area (Å²) in [5, 5.41) is 0. The predicted molar refractivity (Wildman–Crippen MR) is 0 cm³/mol. The fraction of sp³-hybridized carbons (Fsp3) is 0. The Morgan fingerprint density at radius 2 is 0.500 bits per heavy atom. The minimum Gasteiger partial charge on any atom is -1.00 e. The van der Waals surface area contributed by atoms with E-state index in [-0.39, 0.29) is 115 Å². The van der Waals surface area contributed by atoms with E-state index in [9.17, 15) is 0 Å². The predicted octanol–water partition coefficient (Wildman–Crippen LogP) is -15.0. The maximum atomic E-state index is 0. The van der Waals surface area contributed by atoms with Crippen molar-refractivity contribution < 1.29 is 115 Å². The molecular formula is Cl4LiYb. The van der Waals surface area contributed by atoms with Gasteiger partial charge in [-0.05, 0) is 0 Å². The fourth-order valence-corrected chi connectivity index (χ4v) is 0. The third-order valence-corrected chi connectivity index (χ3v) is 0. The molecule has 0 saturated carbocycles. The van der Waals surface area contributed by atoms with Gasteiger partial charge >= 0.3 is 65.8 Å². The smallest absolute Gasteiger partial charge is 1.00 e. The third kappa shape index (κ3) is 26.7. The molecule has 0 aliphatic carbocycles. The van der Waals surface area contributed by atoms with E-state index in [0.29, 0.717) is 0 Å². The Kier molecular flexibility index (Phi) is 403. The summed E-state index contributed by atoms with van der Waals surface area (Å²) >= 11 is 0. The summed E-state index contributed by atoms with van der Waals surface area (Å²) in [6.07, 6.45) is 0. The fourth-order valence-electron chi connectivity index (χ4n) is 0. The molecule has 0 nitrogen and oxygen atoms in total. The van der Waals surface area contributed by atoms with Crippen LogP contribution in [0, 0.1) is 46.9 Å². The molecule has 0 unspecified atom stereocenters. The number of halogens is 4. The van der Waals surface area contributed by atoms with E-state index in [1.807, 2.05) is 0 Å². The molecule has 6 heteroatoms. The normalized spacial score (nSPS) is 0. The molecule has 0 heterocycles. The van der Waals surface area contributed by atoms with Crippen LogP contribution in [-0.4, -0.2) is 0 Å². The first kappa shape index (κ1) is 59.2. The Bertz CT molecular complexity index is 7.51. The third-order valence-electron chi connectivity index (χ3n) is 0. The summed E-state index contributed by atoms with van der Waals surface area (Å²) < 4.78 is 0. The average molecular weight is 322 g/mol. The Morgan fingerprint density at radius 1 is 0.500 bits per heavy atom. The summed E-state index contributed by atoms with van der Waals surface area (Å²) in [5.41, 5.74) is 0. The van der Waals surface area contributed by atoms with Crippen LogP contribution in [0.3, 0.4) is 0 Å². The van der Waals surface area contributed by atoms with Crippen LogP contribution in [0.15, 0.2) is 0 Å². The van der Waals surface area contributed by atoms with Gasteiger partial charge in [0.15, 0.2) is 0 Å². The second kappa shape index (κ2) is 40.8. The zero-order valence-corrected chi connectivity index (χ0v) is 7.52. The average Bonchev–Trinajstić information content (AvgIpc) is 0. The first-order valence-corrected chi connectivity index (χ1v) is 0. The summed E-state index contributed by atoms with van der Waals surface area (Å²) in [5.74, 6) is 0. The molecule has 6 heavy (non-hydrogen) atoms. The van der Waals surface area contributed by atoms with Crippen LogP contribution in [0.5, 0.6) is 0 Å².